The Hall–Kier alpha value is -1.67. The van der Waals surface area contributed by atoms with Crippen LogP contribution in [0.4, 0.5) is 0 Å². The summed E-state index contributed by atoms with van der Waals surface area (Å²) in [5.74, 6) is 0. The molecule has 0 atom stereocenters. The zero-order valence-electron chi connectivity index (χ0n) is 12.2. The van der Waals surface area contributed by atoms with Crippen molar-refractivity contribution < 1.29 is 0 Å². The van der Waals surface area contributed by atoms with E-state index >= 15 is 0 Å². The lowest BCUT2D eigenvalue weighted by atomic mass is 10.0. The second-order valence-corrected chi connectivity index (χ2v) is 5.60. The van der Waals surface area contributed by atoms with Gasteiger partial charge in [0, 0.05) is 24.5 Å². The number of nitrogens with zero attached hydrogens (tertiary/aromatic N) is 1. The van der Waals surface area contributed by atoms with Crippen molar-refractivity contribution >= 4 is 0 Å². The summed E-state index contributed by atoms with van der Waals surface area (Å²) in [4.78, 5) is 4.39. The van der Waals surface area contributed by atoms with E-state index in [4.69, 9.17) is 0 Å². The lowest BCUT2D eigenvalue weighted by Crippen LogP contribution is -2.13. The standard InChI is InChI=1S/C18H22N2/c1-2-8-19-11-14-9-18(13-20-12-14)17-7-6-15-4-3-5-16(15)10-17/h6-7,9-10,12-13,19H,2-5,8,11H2,1H3. The third-order valence-corrected chi connectivity index (χ3v) is 3.98. The van der Waals surface area contributed by atoms with Gasteiger partial charge in [-0.25, -0.2) is 0 Å². The molecule has 0 saturated heterocycles. The first-order valence-corrected chi connectivity index (χ1v) is 7.63. The maximum Gasteiger partial charge on any atom is 0.0346 e. The van der Waals surface area contributed by atoms with E-state index in [1.54, 1.807) is 0 Å². The van der Waals surface area contributed by atoms with Crippen molar-refractivity contribution in [3.63, 3.8) is 0 Å². The summed E-state index contributed by atoms with van der Waals surface area (Å²) >= 11 is 0. The Balaban J connectivity index is 1.81. The number of pyridine rings is 1. The largest absolute Gasteiger partial charge is 0.313 e. The molecule has 1 heterocycles. The van der Waals surface area contributed by atoms with Gasteiger partial charge in [0.15, 0.2) is 0 Å². The van der Waals surface area contributed by atoms with E-state index in [9.17, 15) is 0 Å². The molecule has 1 N–H and O–H groups in total. The van der Waals surface area contributed by atoms with Gasteiger partial charge in [-0.2, -0.15) is 0 Å². The quantitative estimate of drug-likeness (QED) is 0.834. The summed E-state index contributed by atoms with van der Waals surface area (Å²) < 4.78 is 0. The molecular weight excluding hydrogens is 244 g/mol. The van der Waals surface area contributed by atoms with Gasteiger partial charge in [-0.3, -0.25) is 4.98 Å². The van der Waals surface area contributed by atoms with Crippen LogP contribution in [0.1, 0.15) is 36.5 Å². The molecule has 0 bridgehead atoms. The van der Waals surface area contributed by atoms with Crippen LogP contribution >= 0.6 is 0 Å². The van der Waals surface area contributed by atoms with E-state index < -0.39 is 0 Å². The minimum absolute atomic E-state index is 0.902. The van der Waals surface area contributed by atoms with Crippen LogP contribution in [-0.2, 0) is 19.4 Å². The van der Waals surface area contributed by atoms with Crippen LogP contribution in [0.15, 0.2) is 36.7 Å². The van der Waals surface area contributed by atoms with Gasteiger partial charge >= 0.3 is 0 Å². The maximum atomic E-state index is 4.39. The molecule has 1 aromatic carbocycles. The summed E-state index contributed by atoms with van der Waals surface area (Å²) in [5, 5.41) is 3.43. The molecular formula is C18H22N2. The summed E-state index contributed by atoms with van der Waals surface area (Å²) in [6.45, 7) is 4.15. The first-order valence-electron chi connectivity index (χ1n) is 7.63. The molecule has 1 aliphatic carbocycles. The lowest BCUT2D eigenvalue weighted by molar-refractivity contribution is 0.674. The number of aryl methyl sites for hydroxylation is 2. The zero-order valence-corrected chi connectivity index (χ0v) is 12.2. The Morgan fingerprint density at radius 2 is 1.95 bits per heavy atom. The Morgan fingerprint density at radius 1 is 1.05 bits per heavy atom. The van der Waals surface area contributed by atoms with Gasteiger partial charge in [0.1, 0.15) is 0 Å². The second kappa shape index (κ2) is 6.19. The zero-order chi connectivity index (χ0) is 13.8. The van der Waals surface area contributed by atoms with Gasteiger partial charge < -0.3 is 5.32 Å². The summed E-state index contributed by atoms with van der Waals surface area (Å²) in [5.41, 5.74) is 6.85. The van der Waals surface area contributed by atoms with Crippen molar-refractivity contribution in [1.82, 2.24) is 10.3 Å². The van der Waals surface area contributed by atoms with E-state index in [1.165, 1.54) is 47.1 Å². The first kappa shape index (κ1) is 13.3. The average molecular weight is 266 g/mol. The van der Waals surface area contributed by atoms with Crippen LogP contribution in [0.25, 0.3) is 11.1 Å². The number of rotatable bonds is 5. The molecule has 3 rings (SSSR count). The number of benzene rings is 1. The molecule has 0 spiro atoms. The van der Waals surface area contributed by atoms with Gasteiger partial charge in [-0.15, -0.1) is 0 Å². The molecule has 1 aromatic heterocycles. The van der Waals surface area contributed by atoms with Crippen LogP contribution in [0.3, 0.4) is 0 Å². The third-order valence-electron chi connectivity index (χ3n) is 3.98. The molecule has 2 nitrogen and oxygen atoms in total. The number of hydrogen-bond donors (Lipinski definition) is 1. The normalized spacial score (nSPS) is 13.4. The van der Waals surface area contributed by atoms with Gasteiger partial charge in [0.25, 0.3) is 0 Å². The lowest BCUT2D eigenvalue weighted by Gasteiger charge is -2.08. The van der Waals surface area contributed by atoms with E-state index in [0.29, 0.717) is 0 Å². The fourth-order valence-corrected chi connectivity index (χ4v) is 2.90. The minimum atomic E-state index is 0.902. The van der Waals surface area contributed by atoms with Gasteiger partial charge in [-0.1, -0.05) is 25.1 Å². The highest BCUT2D eigenvalue weighted by molar-refractivity contribution is 5.65. The van der Waals surface area contributed by atoms with Crippen molar-refractivity contribution in [2.45, 2.75) is 39.2 Å². The molecule has 2 aromatic rings. The number of hydrogen-bond acceptors (Lipinski definition) is 2. The molecule has 0 aliphatic heterocycles. The van der Waals surface area contributed by atoms with E-state index in [-0.39, 0.29) is 0 Å². The molecule has 1 aliphatic rings. The van der Waals surface area contributed by atoms with Crippen LogP contribution < -0.4 is 5.32 Å². The first-order chi connectivity index (χ1) is 9.86. The highest BCUT2D eigenvalue weighted by Gasteiger charge is 2.11. The molecule has 0 fully saturated rings. The molecule has 0 unspecified atom stereocenters. The van der Waals surface area contributed by atoms with Gasteiger partial charge in [0.2, 0.25) is 0 Å². The van der Waals surface area contributed by atoms with Crippen molar-refractivity contribution in [2.24, 2.45) is 0 Å². The highest BCUT2D eigenvalue weighted by Crippen LogP contribution is 2.28. The van der Waals surface area contributed by atoms with E-state index in [1.807, 2.05) is 12.4 Å². The second-order valence-electron chi connectivity index (χ2n) is 5.60. The molecule has 20 heavy (non-hydrogen) atoms. The number of nitrogens with one attached hydrogen (secondary N) is 1. The fourth-order valence-electron chi connectivity index (χ4n) is 2.90. The van der Waals surface area contributed by atoms with Crippen molar-refractivity contribution in [1.29, 1.82) is 0 Å². The Bertz CT molecular complexity index is 590. The summed E-state index contributed by atoms with van der Waals surface area (Å²) in [6, 6.07) is 9.14. The summed E-state index contributed by atoms with van der Waals surface area (Å²) in [7, 11) is 0. The van der Waals surface area contributed by atoms with Crippen molar-refractivity contribution in [3.8, 4) is 11.1 Å². The third kappa shape index (κ3) is 2.91. The van der Waals surface area contributed by atoms with Crippen molar-refractivity contribution in [3.05, 3.63) is 53.3 Å². The molecule has 104 valence electrons. The highest BCUT2D eigenvalue weighted by atomic mass is 14.8. The minimum Gasteiger partial charge on any atom is -0.313 e. The van der Waals surface area contributed by atoms with Crippen molar-refractivity contribution in [2.75, 3.05) is 6.54 Å². The van der Waals surface area contributed by atoms with Crippen LogP contribution in [-0.4, -0.2) is 11.5 Å². The van der Waals surface area contributed by atoms with E-state index in [0.717, 1.165) is 19.5 Å². The predicted molar refractivity (Wildman–Crippen MR) is 83.7 cm³/mol. The Kier molecular flexibility index (Phi) is 4.12. The van der Waals surface area contributed by atoms with Crippen LogP contribution in [0, 0.1) is 0 Å². The van der Waals surface area contributed by atoms with E-state index in [2.05, 4.69) is 41.5 Å². The monoisotopic (exact) mass is 266 g/mol. The summed E-state index contributed by atoms with van der Waals surface area (Å²) in [6.07, 6.45) is 8.87. The fraction of sp³-hybridized carbons (Fsp3) is 0.389. The predicted octanol–water partition coefficient (Wildman–Crippen LogP) is 3.74. The Morgan fingerprint density at radius 3 is 2.85 bits per heavy atom. The molecule has 0 amide bonds. The van der Waals surface area contributed by atoms with Crippen LogP contribution in [0.2, 0.25) is 0 Å². The maximum absolute atomic E-state index is 4.39. The SMILES string of the molecule is CCCNCc1cncc(-c2ccc3c(c2)CCC3)c1. The van der Waals surface area contributed by atoms with Crippen LogP contribution in [0.5, 0.6) is 0 Å². The molecule has 2 heteroatoms. The molecule has 0 saturated carbocycles. The Labute approximate surface area is 121 Å². The average Bonchev–Trinajstić information content (AvgIpc) is 2.95. The number of aromatic nitrogens is 1. The molecule has 0 radical (unpaired) electrons. The topological polar surface area (TPSA) is 24.9 Å². The van der Waals surface area contributed by atoms with Gasteiger partial charge in [0.05, 0.1) is 0 Å². The smallest absolute Gasteiger partial charge is 0.0346 e. The number of fused-ring (bicyclic) bond motifs is 1. The van der Waals surface area contributed by atoms with Gasteiger partial charge in [-0.05, 0) is 60.5 Å².